The first kappa shape index (κ1) is 20.9. The van der Waals surface area contributed by atoms with Gasteiger partial charge in [-0.1, -0.05) is 6.42 Å². The van der Waals surface area contributed by atoms with Gasteiger partial charge in [-0.05, 0) is 99.7 Å². The van der Waals surface area contributed by atoms with Crippen molar-refractivity contribution in [1.82, 2.24) is 24.9 Å². The zero-order valence-corrected chi connectivity index (χ0v) is 19.1. The van der Waals surface area contributed by atoms with E-state index in [1.807, 2.05) is 41.2 Å². The van der Waals surface area contributed by atoms with Gasteiger partial charge in [0.15, 0.2) is 5.11 Å². The second kappa shape index (κ2) is 9.67. The van der Waals surface area contributed by atoms with E-state index in [9.17, 15) is 0 Å². The van der Waals surface area contributed by atoms with Crippen molar-refractivity contribution in [2.24, 2.45) is 11.8 Å². The van der Waals surface area contributed by atoms with Crippen LogP contribution in [0.25, 0.3) is 5.69 Å². The zero-order chi connectivity index (χ0) is 21.0. The Bertz CT molecular complexity index is 845. The van der Waals surface area contributed by atoms with Crippen molar-refractivity contribution in [3.8, 4) is 5.69 Å². The molecule has 2 bridgehead atoms. The average molecular weight is 439 g/mol. The summed E-state index contributed by atoms with van der Waals surface area (Å²) in [6.07, 6.45) is 10.6. The molecular formula is C24H34N6S. The summed E-state index contributed by atoms with van der Waals surface area (Å²) < 4.78 is 1.85. The van der Waals surface area contributed by atoms with E-state index >= 15 is 0 Å². The normalized spacial score (nSPS) is 28.4. The quantitative estimate of drug-likeness (QED) is 0.675. The maximum Gasteiger partial charge on any atom is 0.170 e. The molecule has 7 heteroatoms. The third-order valence-corrected chi connectivity index (χ3v) is 7.59. The van der Waals surface area contributed by atoms with Crippen LogP contribution in [0.15, 0.2) is 42.7 Å². The third-order valence-electron chi connectivity index (χ3n) is 7.35. The SMILES string of the molecule is S=C(NC[C@@H]1C[C@H]2CCN1C[C@@H]2CN1CCCCC1)Nc1ccc(-n2cccn2)cc1. The number of nitrogens with one attached hydrogen (secondary N) is 2. The van der Waals surface area contributed by atoms with Crippen LogP contribution in [0, 0.1) is 11.8 Å². The van der Waals surface area contributed by atoms with Gasteiger partial charge in [0.2, 0.25) is 0 Å². The Labute approximate surface area is 191 Å². The number of rotatable bonds is 6. The van der Waals surface area contributed by atoms with E-state index < -0.39 is 0 Å². The molecule has 1 aromatic heterocycles. The summed E-state index contributed by atoms with van der Waals surface area (Å²) in [7, 11) is 0. The molecule has 6 nitrogen and oxygen atoms in total. The summed E-state index contributed by atoms with van der Waals surface area (Å²) >= 11 is 5.57. The average Bonchev–Trinajstić information content (AvgIpc) is 3.35. The minimum atomic E-state index is 0.610. The van der Waals surface area contributed by atoms with Crippen LogP contribution in [-0.2, 0) is 0 Å². The van der Waals surface area contributed by atoms with Crippen molar-refractivity contribution in [2.75, 3.05) is 44.6 Å². The molecule has 5 heterocycles. The molecular weight excluding hydrogens is 404 g/mol. The third kappa shape index (κ3) is 5.10. The van der Waals surface area contributed by atoms with Gasteiger partial charge in [-0.2, -0.15) is 5.10 Å². The molecule has 0 radical (unpaired) electrons. The molecule has 0 spiro atoms. The number of hydrogen-bond donors (Lipinski definition) is 2. The lowest BCUT2D eigenvalue weighted by molar-refractivity contribution is -0.0124. The Hall–Kier alpha value is -1.96. The number of hydrogen-bond acceptors (Lipinski definition) is 4. The van der Waals surface area contributed by atoms with Crippen LogP contribution in [0.1, 0.15) is 32.1 Å². The molecule has 4 aliphatic heterocycles. The number of likely N-dealkylation sites (tertiary alicyclic amines) is 1. The fraction of sp³-hybridized carbons (Fsp3) is 0.583. The Morgan fingerprint density at radius 3 is 2.65 bits per heavy atom. The highest BCUT2D eigenvalue weighted by Crippen LogP contribution is 2.36. The highest BCUT2D eigenvalue weighted by Gasteiger charge is 2.40. The van der Waals surface area contributed by atoms with E-state index in [2.05, 4.69) is 25.5 Å². The van der Waals surface area contributed by atoms with Gasteiger partial charge in [0, 0.05) is 43.8 Å². The second-order valence-corrected chi connectivity index (χ2v) is 9.80. The highest BCUT2D eigenvalue weighted by molar-refractivity contribution is 7.80. The van der Waals surface area contributed by atoms with Gasteiger partial charge < -0.3 is 15.5 Å². The van der Waals surface area contributed by atoms with Crippen molar-refractivity contribution in [3.63, 3.8) is 0 Å². The van der Waals surface area contributed by atoms with Crippen LogP contribution in [0.4, 0.5) is 5.69 Å². The van der Waals surface area contributed by atoms with Crippen LogP contribution in [0.3, 0.4) is 0 Å². The zero-order valence-electron chi connectivity index (χ0n) is 18.2. The number of benzene rings is 1. The van der Waals surface area contributed by atoms with Gasteiger partial charge in [-0.25, -0.2) is 4.68 Å². The van der Waals surface area contributed by atoms with E-state index in [0.29, 0.717) is 11.2 Å². The molecule has 166 valence electrons. The van der Waals surface area contributed by atoms with Gasteiger partial charge >= 0.3 is 0 Å². The number of piperidine rings is 4. The van der Waals surface area contributed by atoms with E-state index in [1.165, 1.54) is 64.8 Å². The molecule has 31 heavy (non-hydrogen) atoms. The van der Waals surface area contributed by atoms with Crippen molar-refractivity contribution in [1.29, 1.82) is 0 Å². The lowest BCUT2D eigenvalue weighted by Gasteiger charge is -2.51. The van der Waals surface area contributed by atoms with E-state index in [-0.39, 0.29) is 0 Å². The van der Waals surface area contributed by atoms with Gasteiger partial charge in [-0.3, -0.25) is 4.90 Å². The fourth-order valence-electron chi connectivity index (χ4n) is 5.65. The van der Waals surface area contributed by atoms with Gasteiger partial charge in [0.1, 0.15) is 0 Å². The largest absolute Gasteiger partial charge is 0.361 e. The van der Waals surface area contributed by atoms with Crippen molar-refractivity contribution >= 4 is 23.0 Å². The fourth-order valence-corrected chi connectivity index (χ4v) is 5.85. The summed E-state index contributed by atoms with van der Waals surface area (Å²) in [6, 6.07) is 10.7. The maximum absolute atomic E-state index is 5.57. The molecule has 2 N–H and O–H groups in total. The number of thiocarbonyl (C=S) groups is 1. The molecule has 4 aliphatic rings. The van der Waals surface area contributed by atoms with E-state index in [4.69, 9.17) is 12.2 Å². The first-order valence-corrected chi connectivity index (χ1v) is 12.3. The Morgan fingerprint density at radius 1 is 1.10 bits per heavy atom. The Balaban J connectivity index is 1.08. The molecule has 6 rings (SSSR count). The predicted octanol–water partition coefficient (Wildman–Crippen LogP) is 3.36. The Morgan fingerprint density at radius 2 is 1.94 bits per heavy atom. The lowest BCUT2D eigenvalue weighted by Crippen LogP contribution is -2.58. The van der Waals surface area contributed by atoms with E-state index in [0.717, 1.165) is 29.8 Å². The summed E-state index contributed by atoms with van der Waals surface area (Å²) in [5.74, 6) is 1.75. The molecule has 4 fully saturated rings. The molecule has 1 unspecified atom stereocenters. The van der Waals surface area contributed by atoms with Crippen molar-refractivity contribution < 1.29 is 0 Å². The molecule has 0 amide bonds. The predicted molar refractivity (Wildman–Crippen MR) is 130 cm³/mol. The van der Waals surface area contributed by atoms with Crippen LogP contribution in [0.5, 0.6) is 0 Å². The number of aromatic nitrogens is 2. The monoisotopic (exact) mass is 438 g/mol. The number of nitrogens with zero attached hydrogens (tertiary/aromatic N) is 4. The summed E-state index contributed by atoms with van der Waals surface area (Å²) in [5, 5.41) is 11.8. The standard InChI is InChI=1S/C24H34N6S/c31-24(27-21-5-7-22(8-6-21)30-13-4-10-26-30)25-16-23-15-19-9-14-29(23)18-20(19)17-28-11-2-1-3-12-28/h4-8,10,13,19-20,23H,1-3,9,11-12,14-18H2,(H2,25,27,31)/t19-,20+,23+/m1/s1. The maximum atomic E-state index is 5.57. The summed E-state index contributed by atoms with van der Waals surface area (Å²) in [4.78, 5) is 5.43. The first-order chi connectivity index (χ1) is 15.2. The molecule has 4 atom stereocenters. The molecule has 4 saturated heterocycles. The molecule has 0 aliphatic carbocycles. The second-order valence-electron chi connectivity index (χ2n) is 9.39. The van der Waals surface area contributed by atoms with E-state index in [1.54, 1.807) is 6.20 Å². The summed E-state index contributed by atoms with van der Waals surface area (Å²) in [6.45, 7) is 7.40. The van der Waals surface area contributed by atoms with Crippen molar-refractivity contribution in [3.05, 3.63) is 42.7 Å². The topological polar surface area (TPSA) is 48.4 Å². The summed E-state index contributed by atoms with van der Waals surface area (Å²) in [5.41, 5.74) is 2.04. The number of anilines is 1. The van der Waals surface area contributed by atoms with Crippen LogP contribution >= 0.6 is 12.2 Å². The highest BCUT2D eigenvalue weighted by atomic mass is 32.1. The van der Waals surface area contributed by atoms with Gasteiger partial charge in [-0.15, -0.1) is 0 Å². The minimum Gasteiger partial charge on any atom is -0.361 e. The van der Waals surface area contributed by atoms with Crippen molar-refractivity contribution in [2.45, 2.75) is 38.1 Å². The van der Waals surface area contributed by atoms with Crippen LogP contribution < -0.4 is 10.6 Å². The van der Waals surface area contributed by atoms with Crippen LogP contribution in [0.2, 0.25) is 0 Å². The van der Waals surface area contributed by atoms with Crippen LogP contribution in [-0.4, -0.2) is 70.0 Å². The van der Waals surface area contributed by atoms with Gasteiger partial charge in [0.25, 0.3) is 0 Å². The Kier molecular flexibility index (Phi) is 6.53. The minimum absolute atomic E-state index is 0.610. The smallest absolute Gasteiger partial charge is 0.170 e. The van der Waals surface area contributed by atoms with Gasteiger partial charge in [0.05, 0.1) is 5.69 Å². The molecule has 1 aromatic carbocycles. The number of fused-ring (bicyclic) bond motifs is 3. The molecule has 2 aromatic rings. The molecule has 0 saturated carbocycles. The first-order valence-electron chi connectivity index (χ1n) is 11.9. The lowest BCUT2D eigenvalue weighted by atomic mass is 9.75.